The molecule has 70 valence electrons. The molecule has 1 saturated carbocycles. The first-order chi connectivity index (χ1) is 6.42. The largest absolute Gasteiger partial charge is 0.375 e. The minimum atomic E-state index is 0.218. The first-order valence-electron chi connectivity index (χ1n) is 4.85. The second-order valence-corrected chi connectivity index (χ2v) is 3.60. The van der Waals surface area contributed by atoms with E-state index in [-0.39, 0.29) is 6.10 Å². The Kier molecular flexibility index (Phi) is 2.60. The van der Waals surface area contributed by atoms with Gasteiger partial charge in [-0.3, -0.25) is 4.98 Å². The summed E-state index contributed by atoms with van der Waals surface area (Å²) in [5.41, 5.74) is 1.08. The average molecular weight is 177 g/mol. The highest BCUT2D eigenvalue weighted by atomic mass is 16.5. The second-order valence-electron chi connectivity index (χ2n) is 3.60. The van der Waals surface area contributed by atoms with Crippen LogP contribution in [0.15, 0.2) is 24.4 Å². The maximum Gasteiger partial charge on any atom is 0.102 e. The van der Waals surface area contributed by atoms with Crippen LogP contribution in [0.5, 0.6) is 0 Å². The van der Waals surface area contributed by atoms with Gasteiger partial charge in [0.15, 0.2) is 0 Å². The van der Waals surface area contributed by atoms with Gasteiger partial charge in [0.1, 0.15) is 6.10 Å². The van der Waals surface area contributed by atoms with E-state index >= 15 is 0 Å². The number of pyridine rings is 1. The van der Waals surface area contributed by atoms with Gasteiger partial charge in [0.05, 0.1) is 5.69 Å². The summed E-state index contributed by atoms with van der Waals surface area (Å²) in [6, 6.07) is 6.01. The Bertz CT molecular complexity index is 256. The van der Waals surface area contributed by atoms with E-state index < -0.39 is 0 Å². The van der Waals surface area contributed by atoms with Gasteiger partial charge in [-0.1, -0.05) is 12.5 Å². The Hall–Kier alpha value is -0.890. The Balaban J connectivity index is 2.12. The number of nitrogens with zero attached hydrogens (tertiary/aromatic N) is 1. The maximum absolute atomic E-state index is 5.48. The summed E-state index contributed by atoms with van der Waals surface area (Å²) in [4.78, 5) is 4.33. The molecule has 0 aromatic carbocycles. The Labute approximate surface area is 78.9 Å². The molecule has 1 aromatic rings. The molecule has 1 fully saturated rings. The third kappa shape index (κ3) is 1.73. The van der Waals surface area contributed by atoms with Gasteiger partial charge in [-0.15, -0.1) is 0 Å². The zero-order valence-electron chi connectivity index (χ0n) is 7.94. The smallest absolute Gasteiger partial charge is 0.102 e. The highest BCUT2D eigenvalue weighted by molar-refractivity contribution is 5.08. The number of hydrogen-bond donors (Lipinski definition) is 0. The molecule has 0 bridgehead atoms. The van der Waals surface area contributed by atoms with E-state index in [1.54, 1.807) is 7.11 Å². The molecule has 0 unspecified atom stereocenters. The molecule has 0 amide bonds. The van der Waals surface area contributed by atoms with Gasteiger partial charge in [0, 0.05) is 13.3 Å². The molecule has 0 spiro atoms. The number of methoxy groups -OCH3 is 1. The molecule has 1 heterocycles. The molecule has 13 heavy (non-hydrogen) atoms. The molecule has 0 saturated heterocycles. The Morgan fingerprint density at radius 1 is 1.46 bits per heavy atom. The number of aromatic nitrogens is 1. The third-order valence-electron chi connectivity index (χ3n) is 2.81. The summed E-state index contributed by atoms with van der Waals surface area (Å²) in [5, 5.41) is 0. The van der Waals surface area contributed by atoms with Crippen molar-refractivity contribution in [2.45, 2.75) is 25.4 Å². The molecular formula is C11H15NO. The van der Waals surface area contributed by atoms with Crippen molar-refractivity contribution in [1.29, 1.82) is 0 Å². The summed E-state index contributed by atoms with van der Waals surface area (Å²) in [6.45, 7) is 0. The van der Waals surface area contributed by atoms with Gasteiger partial charge in [0.25, 0.3) is 0 Å². The highest BCUT2D eigenvalue weighted by Crippen LogP contribution is 2.38. The minimum Gasteiger partial charge on any atom is -0.375 e. The average Bonchev–Trinajstić information content (AvgIpc) is 2.12. The number of rotatable bonds is 3. The fraction of sp³-hybridized carbons (Fsp3) is 0.545. The monoisotopic (exact) mass is 177 g/mol. The van der Waals surface area contributed by atoms with Crippen LogP contribution in [0.25, 0.3) is 0 Å². The van der Waals surface area contributed by atoms with E-state index in [9.17, 15) is 0 Å². The molecule has 1 aliphatic carbocycles. The molecule has 0 radical (unpaired) electrons. The van der Waals surface area contributed by atoms with Gasteiger partial charge in [-0.05, 0) is 30.9 Å². The molecule has 0 aliphatic heterocycles. The SMILES string of the molecule is CO[C@@H](c1ccccn1)C1CCC1. The first kappa shape index (κ1) is 8.70. The van der Waals surface area contributed by atoms with E-state index in [1.165, 1.54) is 19.3 Å². The predicted molar refractivity (Wildman–Crippen MR) is 51.3 cm³/mol. The molecule has 0 N–H and O–H groups in total. The Morgan fingerprint density at radius 2 is 2.31 bits per heavy atom. The van der Waals surface area contributed by atoms with E-state index in [4.69, 9.17) is 4.74 Å². The van der Waals surface area contributed by atoms with Crippen molar-refractivity contribution in [1.82, 2.24) is 4.98 Å². The predicted octanol–water partition coefficient (Wildman–Crippen LogP) is 2.57. The van der Waals surface area contributed by atoms with Crippen molar-refractivity contribution in [3.8, 4) is 0 Å². The van der Waals surface area contributed by atoms with Crippen LogP contribution >= 0.6 is 0 Å². The lowest BCUT2D eigenvalue weighted by atomic mass is 9.80. The molecule has 2 rings (SSSR count). The summed E-state index contributed by atoms with van der Waals surface area (Å²) < 4.78 is 5.48. The zero-order chi connectivity index (χ0) is 9.10. The van der Waals surface area contributed by atoms with Crippen LogP contribution in [-0.4, -0.2) is 12.1 Å². The first-order valence-corrected chi connectivity index (χ1v) is 4.85. The highest BCUT2D eigenvalue weighted by Gasteiger charge is 2.28. The van der Waals surface area contributed by atoms with Crippen molar-refractivity contribution in [3.05, 3.63) is 30.1 Å². The van der Waals surface area contributed by atoms with Crippen LogP contribution < -0.4 is 0 Å². The number of ether oxygens (including phenoxy) is 1. The van der Waals surface area contributed by atoms with Crippen molar-refractivity contribution < 1.29 is 4.74 Å². The quantitative estimate of drug-likeness (QED) is 0.708. The van der Waals surface area contributed by atoms with Gasteiger partial charge in [0.2, 0.25) is 0 Å². The Morgan fingerprint density at radius 3 is 2.77 bits per heavy atom. The lowest BCUT2D eigenvalue weighted by molar-refractivity contribution is 0.0149. The molecule has 1 atom stereocenters. The lowest BCUT2D eigenvalue weighted by Gasteiger charge is -2.32. The molecule has 1 aliphatic rings. The van der Waals surface area contributed by atoms with Crippen molar-refractivity contribution in [2.24, 2.45) is 5.92 Å². The summed E-state index contributed by atoms with van der Waals surface area (Å²) in [5.74, 6) is 0.694. The summed E-state index contributed by atoms with van der Waals surface area (Å²) in [7, 11) is 1.78. The van der Waals surface area contributed by atoms with Crippen molar-refractivity contribution >= 4 is 0 Å². The van der Waals surface area contributed by atoms with Gasteiger partial charge in [-0.25, -0.2) is 0 Å². The molecule has 2 heteroatoms. The van der Waals surface area contributed by atoms with Crippen LogP contribution in [0.2, 0.25) is 0 Å². The fourth-order valence-electron chi connectivity index (χ4n) is 1.84. The van der Waals surface area contributed by atoms with Crippen molar-refractivity contribution in [3.63, 3.8) is 0 Å². The standard InChI is InChI=1S/C11H15NO/c1-13-11(9-5-4-6-9)10-7-2-3-8-12-10/h2-3,7-9,11H,4-6H2,1H3/t11-/m1/s1. The molecule has 2 nitrogen and oxygen atoms in total. The van der Waals surface area contributed by atoms with Gasteiger partial charge in [-0.2, -0.15) is 0 Å². The molecule has 1 aromatic heterocycles. The van der Waals surface area contributed by atoms with E-state index in [0.717, 1.165) is 5.69 Å². The van der Waals surface area contributed by atoms with E-state index in [2.05, 4.69) is 4.98 Å². The zero-order valence-corrected chi connectivity index (χ0v) is 7.94. The van der Waals surface area contributed by atoms with Crippen LogP contribution in [0.3, 0.4) is 0 Å². The summed E-state index contributed by atoms with van der Waals surface area (Å²) in [6.07, 6.45) is 5.97. The minimum absolute atomic E-state index is 0.218. The fourth-order valence-corrected chi connectivity index (χ4v) is 1.84. The maximum atomic E-state index is 5.48. The normalized spacial score (nSPS) is 19.5. The van der Waals surface area contributed by atoms with E-state index in [0.29, 0.717) is 5.92 Å². The van der Waals surface area contributed by atoms with E-state index in [1.807, 2.05) is 24.4 Å². The van der Waals surface area contributed by atoms with Crippen molar-refractivity contribution in [2.75, 3.05) is 7.11 Å². The van der Waals surface area contributed by atoms with Crippen LogP contribution in [0.4, 0.5) is 0 Å². The van der Waals surface area contributed by atoms with Crippen LogP contribution in [-0.2, 0) is 4.74 Å². The molecular weight excluding hydrogens is 162 g/mol. The van der Waals surface area contributed by atoms with Crippen LogP contribution in [0.1, 0.15) is 31.1 Å². The second kappa shape index (κ2) is 3.88. The summed E-state index contributed by atoms with van der Waals surface area (Å²) >= 11 is 0. The topological polar surface area (TPSA) is 22.1 Å². The van der Waals surface area contributed by atoms with Gasteiger partial charge < -0.3 is 4.74 Å². The van der Waals surface area contributed by atoms with Gasteiger partial charge >= 0.3 is 0 Å². The third-order valence-corrected chi connectivity index (χ3v) is 2.81. The lowest BCUT2D eigenvalue weighted by Crippen LogP contribution is -2.22. The number of hydrogen-bond acceptors (Lipinski definition) is 2. The van der Waals surface area contributed by atoms with Crippen LogP contribution in [0, 0.1) is 5.92 Å².